The monoisotopic (exact) mass is 523 g/mol. The van der Waals surface area contributed by atoms with E-state index >= 15 is 0 Å². The largest absolute Gasteiger partial charge is 0.316 e. The number of benzene rings is 2. The third kappa shape index (κ3) is 4.84. The molecule has 2 aromatic carbocycles. The van der Waals surface area contributed by atoms with Gasteiger partial charge in [-0.2, -0.15) is 4.31 Å². The Labute approximate surface area is 207 Å². The van der Waals surface area contributed by atoms with Crippen molar-refractivity contribution in [1.82, 2.24) is 13.9 Å². The van der Waals surface area contributed by atoms with Gasteiger partial charge >= 0.3 is 0 Å². The Morgan fingerprint density at radius 1 is 1.03 bits per heavy atom. The lowest BCUT2D eigenvalue weighted by molar-refractivity contribution is 0.281. The number of hydrogen-bond donors (Lipinski definition) is 0. The molecule has 5 nitrogen and oxygen atoms in total. The summed E-state index contributed by atoms with van der Waals surface area (Å²) in [4.78, 5) is 4.98. The molecule has 188 valence electrons. The van der Waals surface area contributed by atoms with Crippen LogP contribution in [0.3, 0.4) is 0 Å². The Morgan fingerprint density at radius 2 is 1.74 bits per heavy atom. The Bertz CT molecular complexity index is 1330. The van der Waals surface area contributed by atoms with Gasteiger partial charge in [0.2, 0.25) is 10.0 Å². The zero-order valence-corrected chi connectivity index (χ0v) is 21.1. The highest BCUT2D eigenvalue weighted by Crippen LogP contribution is 2.38. The summed E-state index contributed by atoms with van der Waals surface area (Å²) >= 11 is 1.31. The molecule has 5 rings (SSSR count). The van der Waals surface area contributed by atoms with Gasteiger partial charge in [-0.3, -0.25) is 0 Å². The summed E-state index contributed by atoms with van der Waals surface area (Å²) in [6.07, 6.45) is 6.06. The molecule has 1 aliphatic heterocycles. The van der Waals surface area contributed by atoms with E-state index in [4.69, 9.17) is 4.98 Å². The van der Waals surface area contributed by atoms with Crippen molar-refractivity contribution in [3.63, 3.8) is 0 Å². The predicted molar refractivity (Wildman–Crippen MR) is 130 cm³/mol. The van der Waals surface area contributed by atoms with Gasteiger partial charge in [-0.05, 0) is 67.5 Å². The molecular formula is C25H28F3N3O2S2. The molecule has 0 bridgehead atoms. The third-order valence-corrected chi connectivity index (χ3v) is 9.87. The number of halogens is 3. The summed E-state index contributed by atoms with van der Waals surface area (Å²) in [5.41, 5.74) is 1.75. The number of imidazole rings is 1. The minimum Gasteiger partial charge on any atom is -0.316 e. The molecule has 35 heavy (non-hydrogen) atoms. The fourth-order valence-electron chi connectivity index (χ4n) is 5.19. The van der Waals surface area contributed by atoms with Crippen LogP contribution in [0.15, 0.2) is 40.4 Å². The molecule has 2 fully saturated rings. The zero-order chi connectivity index (χ0) is 24.7. The second-order valence-electron chi connectivity index (χ2n) is 9.63. The van der Waals surface area contributed by atoms with Gasteiger partial charge < -0.3 is 4.57 Å². The number of fused-ring (bicyclic) bond motifs is 1. The maximum Gasteiger partial charge on any atom is 0.243 e. The number of aromatic nitrogens is 2. The molecule has 3 aromatic rings. The van der Waals surface area contributed by atoms with E-state index in [1.165, 1.54) is 11.8 Å². The number of rotatable bonds is 6. The topological polar surface area (TPSA) is 55.2 Å². The highest BCUT2D eigenvalue weighted by molar-refractivity contribution is 7.98. The van der Waals surface area contributed by atoms with Crippen molar-refractivity contribution in [2.45, 2.75) is 67.3 Å². The number of sulfonamides is 1. The van der Waals surface area contributed by atoms with Crippen LogP contribution in [-0.4, -0.2) is 35.4 Å². The summed E-state index contributed by atoms with van der Waals surface area (Å²) in [6.45, 7) is 3.10. The first-order valence-corrected chi connectivity index (χ1v) is 14.4. The van der Waals surface area contributed by atoms with Crippen molar-refractivity contribution >= 4 is 32.8 Å². The second-order valence-corrected chi connectivity index (χ2v) is 12.5. The number of hydrogen-bond acceptors (Lipinski definition) is 4. The molecule has 1 saturated heterocycles. The van der Waals surface area contributed by atoms with Gasteiger partial charge in [-0.1, -0.05) is 31.5 Å². The minimum absolute atomic E-state index is 0.209. The maximum absolute atomic E-state index is 13.7. The molecule has 0 amide bonds. The zero-order valence-electron chi connectivity index (χ0n) is 19.5. The molecule has 1 atom stereocenters. The van der Waals surface area contributed by atoms with E-state index in [1.807, 2.05) is 6.07 Å². The molecule has 1 unspecified atom stereocenters. The van der Waals surface area contributed by atoms with Gasteiger partial charge in [-0.15, -0.1) is 0 Å². The van der Waals surface area contributed by atoms with Crippen LogP contribution in [0.25, 0.3) is 11.0 Å². The highest BCUT2D eigenvalue weighted by Gasteiger charge is 2.30. The molecular weight excluding hydrogens is 495 g/mol. The lowest BCUT2D eigenvalue weighted by Crippen LogP contribution is -2.39. The number of thioether (sulfide) groups is 1. The third-order valence-electron chi connectivity index (χ3n) is 6.99. The van der Waals surface area contributed by atoms with Crippen molar-refractivity contribution < 1.29 is 21.6 Å². The first-order chi connectivity index (χ1) is 16.7. The molecule has 2 aliphatic rings. The lowest BCUT2D eigenvalue weighted by atomic mass is 10.0. The second kappa shape index (κ2) is 9.78. The summed E-state index contributed by atoms with van der Waals surface area (Å²) in [7, 11) is -3.62. The maximum atomic E-state index is 13.7. The van der Waals surface area contributed by atoms with Crippen molar-refractivity contribution in [3.05, 3.63) is 53.3 Å². The highest BCUT2D eigenvalue weighted by atomic mass is 32.2. The average Bonchev–Trinajstić information content (AvgIpc) is 3.48. The Kier molecular flexibility index (Phi) is 6.89. The van der Waals surface area contributed by atoms with Gasteiger partial charge in [0.25, 0.3) is 0 Å². The fraction of sp³-hybridized carbons (Fsp3) is 0.480. The molecule has 1 aliphatic carbocycles. The van der Waals surface area contributed by atoms with E-state index in [0.717, 1.165) is 56.2 Å². The number of piperidine rings is 1. The van der Waals surface area contributed by atoms with Crippen molar-refractivity contribution in [1.29, 1.82) is 0 Å². The molecule has 0 radical (unpaired) electrons. The fourth-order valence-corrected chi connectivity index (χ4v) is 7.82. The van der Waals surface area contributed by atoms with Crippen LogP contribution in [0.2, 0.25) is 0 Å². The first-order valence-electron chi connectivity index (χ1n) is 12.0. The van der Waals surface area contributed by atoms with Crippen molar-refractivity contribution in [2.24, 2.45) is 5.92 Å². The Hall–Kier alpha value is -2.04. The van der Waals surface area contributed by atoms with Crippen LogP contribution < -0.4 is 0 Å². The van der Waals surface area contributed by atoms with Gasteiger partial charge in [0.05, 0.1) is 15.9 Å². The first kappa shape index (κ1) is 24.6. The normalized spacial score (nSPS) is 20.2. The summed E-state index contributed by atoms with van der Waals surface area (Å²) in [5.74, 6) is -3.37. The molecule has 1 saturated carbocycles. The lowest BCUT2D eigenvalue weighted by Gasteiger charge is -2.30. The standard InChI is InChI=1S/C25H28F3N3O2S2/c1-16-5-4-10-30(14-16)35(32,33)19-8-9-23-22(13-19)29-25(31(23)18-6-2-3-7-18)34-15-17-11-20(26)24(28)21(27)12-17/h8-9,11-13,16,18H,2-7,10,14-15H2,1H3. The van der Waals surface area contributed by atoms with E-state index in [0.29, 0.717) is 35.2 Å². The minimum atomic E-state index is -3.62. The van der Waals surface area contributed by atoms with E-state index in [9.17, 15) is 21.6 Å². The predicted octanol–water partition coefficient (Wildman–Crippen LogP) is 6.28. The van der Waals surface area contributed by atoms with Gasteiger partial charge in [-0.25, -0.2) is 26.6 Å². The van der Waals surface area contributed by atoms with Gasteiger partial charge in [0.1, 0.15) is 0 Å². The molecule has 2 heterocycles. The quantitative estimate of drug-likeness (QED) is 0.282. The van der Waals surface area contributed by atoms with E-state index in [2.05, 4.69) is 11.5 Å². The SMILES string of the molecule is CC1CCCN(S(=O)(=O)c2ccc3c(c2)nc(SCc2cc(F)c(F)c(F)c2)n3C2CCCC2)C1. The average molecular weight is 524 g/mol. The summed E-state index contributed by atoms with van der Waals surface area (Å²) in [5, 5.41) is 0.665. The van der Waals surface area contributed by atoms with Crippen LogP contribution in [0.1, 0.15) is 57.1 Å². The van der Waals surface area contributed by atoms with Crippen molar-refractivity contribution in [2.75, 3.05) is 13.1 Å². The molecule has 0 spiro atoms. The molecule has 1 aromatic heterocycles. The van der Waals surface area contributed by atoms with E-state index in [1.54, 1.807) is 16.4 Å². The van der Waals surface area contributed by atoms with Crippen LogP contribution in [0, 0.1) is 23.4 Å². The Morgan fingerprint density at radius 3 is 2.43 bits per heavy atom. The van der Waals surface area contributed by atoms with Crippen LogP contribution in [0.4, 0.5) is 13.2 Å². The Balaban J connectivity index is 1.49. The van der Waals surface area contributed by atoms with Crippen LogP contribution in [0.5, 0.6) is 0 Å². The van der Waals surface area contributed by atoms with E-state index < -0.39 is 27.5 Å². The van der Waals surface area contributed by atoms with Gasteiger partial charge in [0, 0.05) is 24.9 Å². The summed E-state index contributed by atoms with van der Waals surface area (Å²) < 4.78 is 71.0. The smallest absolute Gasteiger partial charge is 0.243 e. The summed E-state index contributed by atoms with van der Waals surface area (Å²) in [6, 6.07) is 7.34. The van der Waals surface area contributed by atoms with Crippen LogP contribution in [-0.2, 0) is 15.8 Å². The van der Waals surface area contributed by atoms with Gasteiger partial charge in [0.15, 0.2) is 22.6 Å². The molecule has 0 N–H and O–H groups in total. The van der Waals surface area contributed by atoms with Crippen LogP contribution >= 0.6 is 11.8 Å². The number of nitrogens with zero attached hydrogens (tertiary/aromatic N) is 3. The van der Waals surface area contributed by atoms with E-state index in [-0.39, 0.29) is 16.7 Å². The van der Waals surface area contributed by atoms with Crippen molar-refractivity contribution in [3.8, 4) is 0 Å². The molecule has 10 heteroatoms.